The van der Waals surface area contributed by atoms with Crippen LogP contribution in [0.15, 0.2) is 29.1 Å². The SMILES string of the molecule is CN1c2c(nc(N)[nH]c2=O)NCC1CNc1ccc(C(=O)NC(CC(C=O)C(=O)O)C(=O)O)cc1. The molecule has 0 radical (unpaired) electrons. The van der Waals surface area contributed by atoms with E-state index in [1.165, 1.54) is 12.1 Å². The fourth-order valence-electron chi connectivity index (χ4n) is 3.58. The molecule has 3 unspecified atom stereocenters. The Balaban J connectivity index is 1.60. The van der Waals surface area contributed by atoms with Gasteiger partial charge in [0.2, 0.25) is 5.95 Å². The number of nitrogen functional groups attached to an aromatic ring is 1. The van der Waals surface area contributed by atoms with Crippen LogP contribution in [0, 0.1) is 5.92 Å². The molecule has 1 aromatic carbocycles. The van der Waals surface area contributed by atoms with Gasteiger partial charge in [-0.25, -0.2) is 4.79 Å². The van der Waals surface area contributed by atoms with Crippen molar-refractivity contribution in [1.29, 1.82) is 0 Å². The minimum atomic E-state index is -1.55. The van der Waals surface area contributed by atoms with E-state index in [4.69, 9.17) is 10.8 Å². The van der Waals surface area contributed by atoms with E-state index in [1.54, 1.807) is 24.1 Å². The maximum Gasteiger partial charge on any atom is 0.326 e. The maximum atomic E-state index is 12.4. The number of rotatable bonds is 10. The fraction of sp³-hybridized carbons (Fsp3) is 0.333. The van der Waals surface area contributed by atoms with Crippen LogP contribution < -0.4 is 32.1 Å². The van der Waals surface area contributed by atoms with Crippen LogP contribution in [-0.2, 0) is 14.4 Å². The summed E-state index contributed by atoms with van der Waals surface area (Å²) < 4.78 is 0. The van der Waals surface area contributed by atoms with Crippen molar-refractivity contribution in [2.24, 2.45) is 5.92 Å². The molecular formula is C21H25N7O7. The molecule has 14 nitrogen and oxygen atoms in total. The summed E-state index contributed by atoms with van der Waals surface area (Å²) in [5.74, 6) is -4.77. The molecule has 0 spiro atoms. The molecule has 14 heteroatoms. The number of nitrogens with one attached hydrogen (secondary N) is 4. The Morgan fingerprint density at radius 1 is 1.26 bits per heavy atom. The number of benzene rings is 1. The molecule has 0 saturated carbocycles. The van der Waals surface area contributed by atoms with Gasteiger partial charge in [-0.05, 0) is 30.7 Å². The normalized spacial score (nSPS) is 16.3. The molecule has 186 valence electrons. The Kier molecular flexibility index (Phi) is 7.53. The van der Waals surface area contributed by atoms with Gasteiger partial charge in [0.15, 0.2) is 5.82 Å². The standard InChI is InChI=1S/C21H25N7O7/c1-28-13(8-24-16-15(28)18(31)27-21(22)26-16)7-23-12-4-2-10(3-5-12)17(30)25-14(20(34)35)6-11(9-29)19(32)33/h2-5,9,11,13-14,23H,6-8H2,1H3,(H,25,30)(H,32,33)(H,34,35)(H4,22,24,26,27,31). The van der Waals surface area contributed by atoms with Crippen molar-refractivity contribution in [1.82, 2.24) is 15.3 Å². The fourth-order valence-corrected chi connectivity index (χ4v) is 3.58. The quantitative estimate of drug-likeness (QED) is 0.161. The Morgan fingerprint density at radius 3 is 2.54 bits per heavy atom. The lowest BCUT2D eigenvalue weighted by molar-refractivity contribution is -0.145. The number of carbonyl (C=O) groups is 4. The molecule has 2 aromatic rings. The molecule has 2 heterocycles. The van der Waals surface area contributed by atoms with Crippen molar-refractivity contribution in [3.63, 3.8) is 0 Å². The number of H-pyrrole nitrogens is 1. The van der Waals surface area contributed by atoms with Crippen molar-refractivity contribution >= 4 is 47.3 Å². The van der Waals surface area contributed by atoms with Crippen molar-refractivity contribution in [3.8, 4) is 0 Å². The molecule has 0 bridgehead atoms. The molecule has 1 amide bonds. The molecule has 0 aliphatic carbocycles. The highest BCUT2D eigenvalue weighted by Gasteiger charge is 2.29. The lowest BCUT2D eigenvalue weighted by Crippen LogP contribution is -2.48. The number of aromatic amines is 1. The van der Waals surface area contributed by atoms with Gasteiger partial charge in [0.25, 0.3) is 11.5 Å². The van der Waals surface area contributed by atoms with E-state index < -0.39 is 36.2 Å². The van der Waals surface area contributed by atoms with Gasteiger partial charge < -0.3 is 41.6 Å². The molecule has 0 saturated heterocycles. The number of carboxylic acids is 2. The second-order valence-corrected chi connectivity index (χ2v) is 7.93. The number of aldehydes is 1. The number of carboxylic acid groups (broad SMARTS) is 2. The van der Waals surface area contributed by atoms with Crippen LogP contribution in [0.3, 0.4) is 0 Å². The highest BCUT2D eigenvalue weighted by molar-refractivity contribution is 5.97. The van der Waals surface area contributed by atoms with Crippen LogP contribution in [0.2, 0.25) is 0 Å². The summed E-state index contributed by atoms with van der Waals surface area (Å²) in [6, 6.07) is 4.54. The maximum absolute atomic E-state index is 12.4. The first-order chi connectivity index (χ1) is 16.6. The molecule has 3 atom stereocenters. The molecule has 35 heavy (non-hydrogen) atoms. The highest BCUT2D eigenvalue weighted by atomic mass is 16.4. The molecular weight excluding hydrogens is 462 g/mol. The summed E-state index contributed by atoms with van der Waals surface area (Å²) >= 11 is 0. The number of hydrogen-bond acceptors (Lipinski definition) is 10. The zero-order valence-corrected chi connectivity index (χ0v) is 18.6. The van der Waals surface area contributed by atoms with Crippen LogP contribution >= 0.6 is 0 Å². The lowest BCUT2D eigenvalue weighted by Gasteiger charge is -2.35. The van der Waals surface area contributed by atoms with Gasteiger partial charge in [-0.3, -0.25) is 19.4 Å². The number of hydrogen-bond donors (Lipinski definition) is 7. The first-order valence-corrected chi connectivity index (χ1v) is 10.5. The average Bonchev–Trinajstić information content (AvgIpc) is 2.80. The number of aromatic nitrogens is 2. The zero-order chi connectivity index (χ0) is 25.7. The Hall–Kier alpha value is -4.62. The van der Waals surface area contributed by atoms with Gasteiger partial charge in [0.1, 0.15) is 23.9 Å². The first-order valence-electron chi connectivity index (χ1n) is 10.5. The third-order valence-corrected chi connectivity index (χ3v) is 5.58. The number of carbonyl (C=O) groups excluding carboxylic acids is 2. The first kappa shape index (κ1) is 25.0. The molecule has 0 fully saturated rings. The summed E-state index contributed by atoms with van der Waals surface area (Å²) in [6.07, 6.45) is -0.443. The third kappa shape index (κ3) is 5.85. The predicted molar refractivity (Wildman–Crippen MR) is 126 cm³/mol. The van der Waals surface area contributed by atoms with E-state index >= 15 is 0 Å². The number of amides is 1. The Morgan fingerprint density at radius 2 is 1.94 bits per heavy atom. The summed E-state index contributed by atoms with van der Waals surface area (Å²) in [5.41, 5.74) is 6.42. The largest absolute Gasteiger partial charge is 0.481 e. The molecule has 1 aliphatic rings. The Labute approximate surface area is 198 Å². The minimum absolute atomic E-state index is 0.0236. The minimum Gasteiger partial charge on any atom is -0.481 e. The van der Waals surface area contributed by atoms with Gasteiger partial charge >= 0.3 is 11.9 Å². The van der Waals surface area contributed by atoms with E-state index in [9.17, 15) is 29.1 Å². The van der Waals surface area contributed by atoms with Crippen LogP contribution in [0.1, 0.15) is 16.8 Å². The summed E-state index contributed by atoms with van der Waals surface area (Å²) in [4.78, 5) is 66.3. The average molecular weight is 487 g/mol. The van der Waals surface area contributed by atoms with Crippen LogP contribution in [0.5, 0.6) is 0 Å². The number of nitrogens with zero attached hydrogens (tertiary/aromatic N) is 2. The second kappa shape index (κ2) is 10.5. The predicted octanol–water partition coefficient (Wildman–Crippen LogP) is -0.833. The lowest BCUT2D eigenvalue weighted by atomic mass is 10.0. The number of nitrogens with two attached hydrogens (primary N) is 1. The number of likely N-dealkylation sites (N-methyl/N-ethyl adjacent to an activating group) is 1. The van der Waals surface area contributed by atoms with E-state index in [1.807, 2.05) is 0 Å². The van der Waals surface area contributed by atoms with E-state index in [0.29, 0.717) is 30.3 Å². The number of fused-ring (bicyclic) bond motifs is 1. The monoisotopic (exact) mass is 487 g/mol. The van der Waals surface area contributed by atoms with E-state index in [2.05, 4.69) is 25.9 Å². The zero-order valence-electron chi connectivity index (χ0n) is 18.6. The summed E-state index contributed by atoms with van der Waals surface area (Å²) in [7, 11) is 1.77. The molecule has 1 aliphatic heterocycles. The van der Waals surface area contributed by atoms with Crippen LogP contribution in [-0.4, -0.2) is 76.5 Å². The van der Waals surface area contributed by atoms with Gasteiger partial charge in [0.05, 0.1) is 6.04 Å². The molecule has 8 N–H and O–H groups in total. The number of aliphatic carboxylic acids is 2. The van der Waals surface area contributed by atoms with Gasteiger partial charge in [-0.2, -0.15) is 4.98 Å². The van der Waals surface area contributed by atoms with Crippen LogP contribution in [0.25, 0.3) is 0 Å². The highest BCUT2D eigenvalue weighted by Crippen LogP contribution is 2.25. The van der Waals surface area contributed by atoms with Gasteiger partial charge in [-0.15, -0.1) is 0 Å². The van der Waals surface area contributed by atoms with E-state index in [-0.39, 0.29) is 29.4 Å². The van der Waals surface area contributed by atoms with Crippen molar-refractivity contribution < 1.29 is 29.4 Å². The summed E-state index contributed by atoms with van der Waals surface area (Å²) in [5, 5.41) is 26.7. The molecule has 1 aromatic heterocycles. The van der Waals surface area contributed by atoms with Crippen molar-refractivity contribution in [2.45, 2.75) is 18.5 Å². The smallest absolute Gasteiger partial charge is 0.326 e. The Bertz CT molecular complexity index is 1180. The second-order valence-electron chi connectivity index (χ2n) is 7.93. The third-order valence-electron chi connectivity index (χ3n) is 5.58. The molecule has 3 rings (SSSR count). The van der Waals surface area contributed by atoms with Gasteiger partial charge in [-0.1, -0.05) is 0 Å². The van der Waals surface area contributed by atoms with Gasteiger partial charge in [0, 0.05) is 31.4 Å². The van der Waals surface area contributed by atoms with Crippen molar-refractivity contribution in [2.75, 3.05) is 41.4 Å². The number of anilines is 4. The van der Waals surface area contributed by atoms with E-state index in [0.717, 1.165) is 0 Å². The van der Waals surface area contributed by atoms with Crippen LogP contribution in [0.4, 0.5) is 23.1 Å². The topological polar surface area (TPSA) is 220 Å². The van der Waals surface area contributed by atoms with Crippen molar-refractivity contribution in [3.05, 3.63) is 40.2 Å². The summed E-state index contributed by atoms with van der Waals surface area (Å²) in [6.45, 7) is 0.948.